The van der Waals surface area contributed by atoms with Gasteiger partial charge in [-0.3, -0.25) is 4.79 Å². The fraction of sp³-hybridized carbons (Fsp3) is 0.800. The van der Waals surface area contributed by atoms with Gasteiger partial charge in [0.05, 0.1) is 19.3 Å². The van der Waals surface area contributed by atoms with Crippen molar-refractivity contribution in [2.45, 2.75) is 72.7 Å². The van der Waals surface area contributed by atoms with E-state index in [1.54, 1.807) is 13.2 Å². The Morgan fingerprint density at radius 1 is 1.24 bits per heavy atom. The largest absolute Gasteiger partial charge is 0.381 e. The van der Waals surface area contributed by atoms with Gasteiger partial charge in [0.25, 0.3) is 0 Å². The molecule has 0 aromatic heterocycles. The molecule has 4 heteroatoms. The Kier molecular flexibility index (Phi) is 6.35. The maximum absolute atomic E-state index is 12.8. The number of methoxy groups -OCH3 is 1. The van der Waals surface area contributed by atoms with Gasteiger partial charge in [0.1, 0.15) is 0 Å². The van der Waals surface area contributed by atoms with Crippen LogP contribution in [-0.4, -0.2) is 38.0 Å². The molecular weight excluding hydrogens is 364 g/mol. The topological polar surface area (TPSA) is 44.8 Å². The second-order valence-corrected chi connectivity index (χ2v) is 10.7. The predicted octanol–water partition coefficient (Wildman–Crippen LogP) is 4.63. The van der Waals surface area contributed by atoms with Crippen molar-refractivity contribution in [3.05, 3.63) is 12.2 Å². The molecule has 5 atom stereocenters. The van der Waals surface area contributed by atoms with E-state index in [2.05, 4.69) is 31.8 Å². The second kappa shape index (κ2) is 8.17. The van der Waals surface area contributed by atoms with Crippen molar-refractivity contribution in [1.29, 1.82) is 0 Å². The minimum absolute atomic E-state index is 0.0774. The normalized spacial score (nSPS) is 34.0. The van der Waals surface area contributed by atoms with Gasteiger partial charge in [-0.15, -0.1) is 5.92 Å². The summed E-state index contributed by atoms with van der Waals surface area (Å²) in [5, 5.41) is 0. The fourth-order valence-corrected chi connectivity index (χ4v) is 5.23. The number of fused-ring (bicyclic) bond motifs is 1. The lowest BCUT2D eigenvalue weighted by atomic mass is 9.77. The highest BCUT2D eigenvalue weighted by atomic mass is 16.7. The lowest BCUT2D eigenvalue weighted by Gasteiger charge is -2.42. The highest BCUT2D eigenvalue weighted by Gasteiger charge is 2.56. The number of hydrogen-bond donors (Lipinski definition) is 0. The molecule has 0 aromatic rings. The summed E-state index contributed by atoms with van der Waals surface area (Å²) >= 11 is 0. The number of rotatable bonds is 5. The number of carbonyl (C=O) groups is 1. The van der Waals surface area contributed by atoms with E-state index in [-0.39, 0.29) is 34.6 Å². The molecule has 1 unspecified atom stereocenters. The van der Waals surface area contributed by atoms with Crippen molar-refractivity contribution in [3.8, 4) is 11.8 Å². The third-order valence-corrected chi connectivity index (χ3v) is 7.38. The molecular formula is C25H38O4. The number of hydrogen-bond acceptors (Lipinski definition) is 4. The van der Waals surface area contributed by atoms with E-state index in [1.807, 2.05) is 27.7 Å². The van der Waals surface area contributed by atoms with Gasteiger partial charge in [-0.1, -0.05) is 32.8 Å². The Bertz CT molecular complexity index is 698. The Labute approximate surface area is 176 Å². The number of ketones is 1. The molecule has 29 heavy (non-hydrogen) atoms. The van der Waals surface area contributed by atoms with Crippen molar-refractivity contribution in [3.63, 3.8) is 0 Å². The van der Waals surface area contributed by atoms with Gasteiger partial charge in [0.15, 0.2) is 11.6 Å². The van der Waals surface area contributed by atoms with E-state index in [0.717, 1.165) is 32.5 Å². The zero-order chi connectivity index (χ0) is 21.4. The zero-order valence-electron chi connectivity index (χ0n) is 19.2. The third-order valence-electron chi connectivity index (χ3n) is 7.38. The van der Waals surface area contributed by atoms with E-state index in [4.69, 9.17) is 14.2 Å². The molecule has 3 fully saturated rings. The first-order valence-electron chi connectivity index (χ1n) is 11.0. The quantitative estimate of drug-likeness (QED) is 0.497. The van der Waals surface area contributed by atoms with Crippen LogP contribution in [0, 0.1) is 46.3 Å². The molecule has 1 aliphatic heterocycles. The minimum atomic E-state index is -0.439. The maximum atomic E-state index is 12.8. The van der Waals surface area contributed by atoms with E-state index in [0.29, 0.717) is 11.8 Å². The van der Waals surface area contributed by atoms with Crippen LogP contribution in [0.15, 0.2) is 12.2 Å². The van der Waals surface area contributed by atoms with Crippen LogP contribution in [0.3, 0.4) is 0 Å². The van der Waals surface area contributed by atoms with E-state index < -0.39 is 5.79 Å². The molecule has 0 bridgehead atoms. The van der Waals surface area contributed by atoms with Gasteiger partial charge in [0, 0.05) is 42.6 Å². The van der Waals surface area contributed by atoms with Gasteiger partial charge in [0.2, 0.25) is 0 Å². The van der Waals surface area contributed by atoms with Gasteiger partial charge in [-0.25, -0.2) is 0 Å². The Morgan fingerprint density at radius 2 is 1.90 bits per heavy atom. The molecule has 1 heterocycles. The Balaban J connectivity index is 1.70. The van der Waals surface area contributed by atoms with Crippen LogP contribution < -0.4 is 0 Å². The lowest BCUT2D eigenvalue weighted by molar-refractivity contribution is -0.298. The number of allylic oxidation sites excluding steroid dienone is 1. The van der Waals surface area contributed by atoms with Gasteiger partial charge in [-0.05, 0) is 45.1 Å². The van der Waals surface area contributed by atoms with E-state index in [1.165, 1.54) is 0 Å². The Morgan fingerprint density at radius 3 is 2.48 bits per heavy atom. The van der Waals surface area contributed by atoms with Crippen molar-refractivity contribution in [2.24, 2.45) is 34.5 Å². The van der Waals surface area contributed by atoms with Crippen LogP contribution in [0.4, 0.5) is 0 Å². The minimum Gasteiger partial charge on any atom is -0.381 e. The summed E-state index contributed by atoms with van der Waals surface area (Å²) in [5.74, 6) is 6.85. The Hall–Kier alpha value is -1.15. The predicted molar refractivity (Wildman–Crippen MR) is 114 cm³/mol. The molecule has 162 valence electrons. The summed E-state index contributed by atoms with van der Waals surface area (Å²) in [7, 11) is 1.78. The van der Waals surface area contributed by atoms with Gasteiger partial charge in [-0.2, -0.15) is 0 Å². The fourth-order valence-electron chi connectivity index (χ4n) is 5.23. The third kappa shape index (κ3) is 4.63. The van der Waals surface area contributed by atoms with Crippen molar-refractivity contribution in [2.75, 3.05) is 20.3 Å². The standard InChI is InChI=1S/C25H38O4/c1-8-11-24(5,6)17(2)21(26)10-9-19-20-14-25(13-18(20)12-22(19)27-7)28-15-23(3,4)16-29-25/h9-10,17-20,22H,12-16H2,1-7H3/b10-9+/t17?,18-,19-,20+,22-/m1/s1. The average Bonchev–Trinajstić information content (AvgIpc) is 3.16. The summed E-state index contributed by atoms with van der Waals surface area (Å²) < 4.78 is 18.3. The van der Waals surface area contributed by atoms with Gasteiger partial charge >= 0.3 is 0 Å². The SMILES string of the molecule is CC#CC(C)(C)C(C)C(=O)/C=C/[C@@H]1[C@H]2CC3(C[C@H]2C[C@H]1OC)OCC(C)(C)CO3. The number of carbonyl (C=O) groups excluding carboxylic acids is 1. The zero-order valence-corrected chi connectivity index (χ0v) is 19.2. The van der Waals surface area contributed by atoms with Crippen LogP contribution in [-0.2, 0) is 19.0 Å². The summed E-state index contributed by atoms with van der Waals surface area (Å²) in [4.78, 5) is 12.8. The molecule has 0 amide bonds. The van der Waals surface area contributed by atoms with Crippen molar-refractivity contribution in [1.82, 2.24) is 0 Å². The molecule has 2 aliphatic carbocycles. The van der Waals surface area contributed by atoms with E-state index in [9.17, 15) is 4.79 Å². The highest BCUT2D eigenvalue weighted by Crippen LogP contribution is 2.55. The van der Waals surface area contributed by atoms with Crippen LogP contribution in [0.5, 0.6) is 0 Å². The highest BCUT2D eigenvalue weighted by molar-refractivity contribution is 5.92. The first kappa shape index (κ1) is 22.5. The molecule has 3 aliphatic rings. The summed E-state index contributed by atoms with van der Waals surface area (Å²) in [6.45, 7) is 13.7. The molecule has 1 saturated heterocycles. The van der Waals surface area contributed by atoms with Crippen LogP contribution in [0.2, 0.25) is 0 Å². The molecule has 3 rings (SSSR count). The number of ether oxygens (including phenoxy) is 3. The van der Waals surface area contributed by atoms with Crippen molar-refractivity contribution >= 4 is 5.78 Å². The van der Waals surface area contributed by atoms with Crippen LogP contribution >= 0.6 is 0 Å². The summed E-state index contributed by atoms with van der Waals surface area (Å²) in [6.07, 6.45) is 6.86. The van der Waals surface area contributed by atoms with Crippen molar-refractivity contribution < 1.29 is 19.0 Å². The van der Waals surface area contributed by atoms with E-state index >= 15 is 0 Å². The summed E-state index contributed by atoms with van der Waals surface area (Å²) in [6, 6.07) is 0. The molecule has 1 spiro atoms. The summed E-state index contributed by atoms with van der Waals surface area (Å²) in [5.41, 5.74) is -0.253. The monoisotopic (exact) mass is 402 g/mol. The molecule has 0 aromatic carbocycles. The van der Waals surface area contributed by atoms with Crippen LogP contribution in [0.25, 0.3) is 0 Å². The average molecular weight is 403 g/mol. The molecule has 2 saturated carbocycles. The second-order valence-electron chi connectivity index (χ2n) is 10.7. The molecule has 0 N–H and O–H groups in total. The first-order chi connectivity index (χ1) is 13.5. The lowest BCUT2D eigenvalue weighted by Crippen LogP contribution is -2.46. The molecule has 0 radical (unpaired) electrons. The molecule has 4 nitrogen and oxygen atoms in total. The smallest absolute Gasteiger partial charge is 0.168 e. The van der Waals surface area contributed by atoms with Crippen LogP contribution in [0.1, 0.15) is 60.8 Å². The maximum Gasteiger partial charge on any atom is 0.168 e. The van der Waals surface area contributed by atoms with Gasteiger partial charge < -0.3 is 14.2 Å². The first-order valence-corrected chi connectivity index (χ1v) is 11.0.